The number of nitrogens with one attached hydrogen (secondary N) is 1. The minimum Gasteiger partial charge on any atom is -0.395 e. The average molecular weight is 467 g/mol. The first-order chi connectivity index (χ1) is 16.0. The molecule has 0 spiro atoms. The van der Waals surface area contributed by atoms with E-state index in [1.807, 2.05) is 0 Å². The molecule has 0 radical (unpaired) electrons. The van der Waals surface area contributed by atoms with Crippen molar-refractivity contribution in [1.29, 1.82) is 0 Å². The van der Waals surface area contributed by atoms with Crippen molar-refractivity contribution in [1.82, 2.24) is 10.2 Å². The maximum Gasteiger partial charge on any atom is 0.240 e. The van der Waals surface area contributed by atoms with Crippen LogP contribution in [0.2, 0.25) is 0 Å². The van der Waals surface area contributed by atoms with Crippen molar-refractivity contribution >= 4 is 5.91 Å². The van der Waals surface area contributed by atoms with E-state index in [9.17, 15) is 20.1 Å². The van der Waals surface area contributed by atoms with Gasteiger partial charge in [-0.3, -0.25) is 9.69 Å². The number of aliphatic hydroxyl groups excluding tert-OH is 3. The van der Waals surface area contributed by atoms with Crippen LogP contribution in [0.3, 0.4) is 0 Å². The number of nitrogens with zero attached hydrogens (tertiary/aromatic N) is 1. The molecule has 4 N–H and O–H groups in total. The highest BCUT2D eigenvalue weighted by molar-refractivity contribution is 5.83. The van der Waals surface area contributed by atoms with Gasteiger partial charge < -0.3 is 25.4 Å². The normalized spacial score (nSPS) is 39.9. The Morgan fingerprint density at radius 3 is 2.27 bits per heavy atom. The molecule has 33 heavy (non-hydrogen) atoms. The van der Waals surface area contributed by atoms with E-state index >= 15 is 0 Å². The fraction of sp³-hybridized carbons (Fsp3) is 0.962. The first kappa shape index (κ1) is 25.4. The molecular weight excluding hydrogens is 420 g/mol. The smallest absolute Gasteiger partial charge is 0.240 e. The monoisotopic (exact) mass is 466 g/mol. The fourth-order valence-electron chi connectivity index (χ4n) is 7.75. The predicted molar refractivity (Wildman–Crippen MR) is 127 cm³/mol. The zero-order valence-electron chi connectivity index (χ0n) is 20.5. The van der Waals surface area contributed by atoms with Crippen LogP contribution in [0.15, 0.2) is 0 Å². The van der Waals surface area contributed by atoms with Crippen molar-refractivity contribution < 1.29 is 24.9 Å². The Hall–Kier alpha value is -0.730. The quantitative estimate of drug-likeness (QED) is 0.310. The maximum atomic E-state index is 12.7. The lowest BCUT2D eigenvalue weighted by Gasteiger charge is -2.56. The first-order valence-corrected chi connectivity index (χ1v) is 13.5. The Morgan fingerprint density at radius 1 is 1.00 bits per heavy atom. The molecule has 4 aliphatic carbocycles. The molecule has 0 unspecified atom stereocenters. The van der Waals surface area contributed by atoms with Gasteiger partial charge in [-0.1, -0.05) is 13.3 Å². The van der Waals surface area contributed by atoms with E-state index in [0.29, 0.717) is 18.5 Å². The Labute approximate surface area is 199 Å². The largest absolute Gasteiger partial charge is 0.395 e. The second-order valence-corrected chi connectivity index (χ2v) is 11.6. The molecule has 0 aromatic heterocycles. The number of rotatable bonds is 13. The second-order valence-electron chi connectivity index (χ2n) is 11.6. The van der Waals surface area contributed by atoms with Gasteiger partial charge in [0.15, 0.2) is 0 Å². The van der Waals surface area contributed by atoms with Crippen LogP contribution in [0.25, 0.3) is 0 Å². The second kappa shape index (κ2) is 11.3. The molecule has 190 valence electrons. The third-order valence-electron chi connectivity index (χ3n) is 8.91. The minimum atomic E-state index is -1.17. The Kier molecular flexibility index (Phi) is 8.71. The summed E-state index contributed by atoms with van der Waals surface area (Å²) in [5.41, 5.74) is 0.478. The van der Waals surface area contributed by atoms with Gasteiger partial charge in [0.1, 0.15) is 12.1 Å². The number of amides is 1. The third-order valence-corrected chi connectivity index (χ3v) is 8.91. The van der Waals surface area contributed by atoms with Crippen molar-refractivity contribution in [2.45, 2.75) is 102 Å². The van der Waals surface area contributed by atoms with Crippen LogP contribution in [-0.2, 0) is 9.53 Å². The highest BCUT2D eigenvalue weighted by atomic mass is 16.5. The lowest BCUT2D eigenvalue weighted by molar-refractivity contribution is -0.129. The summed E-state index contributed by atoms with van der Waals surface area (Å²) in [6, 6.07) is -1.39. The summed E-state index contributed by atoms with van der Waals surface area (Å²) in [7, 11) is 0. The number of hydrogen-bond acceptors (Lipinski definition) is 6. The average Bonchev–Trinajstić information content (AvgIpc) is 3.02. The van der Waals surface area contributed by atoms with E-state index in [1.54, 1.807) is 4.90 Å². The van der Waals surface area contributed by atoms with Crippen LogP contribution in [0.5, 0.6) is 0 Å². The molecule has 5 fully saturated rings. The van der Waals surface area contributed by atoms with Crippen molar-refractivity contribution in [2.75, 3.05) is 32.9 Å². The lowest BCUT2D eigenvalue weighted by atomic mass is 9.50. The summed E-state index contributed by atoms with van der Waals surface area (Å²) in [5.74, 6) is 2.64. The third kappa shape index (κ3) is 5.75. The van der Waals surface area contributed by atoms with Gasteiger partial charge in [-0.05, 0) is 93.9 Å². The van der Waals surface area contributed by atoms with Gasteiger partial charge in [-0.2, -0.15) is 0 Å². The Morgan fingerprint density at radius 2 is 1.67 bits per heavy atom. The molecule has 1 amide bonds. The van der Waals surface area contributed by atoms with Crippen molar-refractivity contribution in [3.63, 3.8) is 0 Å². The number of hydrogen-bond donors (Lipinski definition) is 4. The molecule has 5 aliphatic rings. The number of unbranched alkanes of at least 4 members (excludes halogenated alkanes) is 3. The minimum absolute atomic E-state index is 0.258. The number of likely N-dealkylation sites (tertiary alicyclic amines) is 1. The number of carbonyl (C=O) groups excluding carboxylic acids is 1. The topological polar surface area (TPSA) is 102 Å². The zero-order valence-corrected chi connectivity index (χ0v) is 20.5. The zero-order chi connectivity index (χ0) is 23.4. The number of ether oxygens (including phenoxy) is 1. The molecule has 1 saturated heterocycles. The first-order valence-electron chi connectivity index (χ1n) is 13.5. The predicted octanol–water partition coefficient (Wildman–Crippen LogP) is 2.07. The Bertz CT molecular complexity index is 609. The summed E-state index contributed by atoms with van der Waals surface area (Å²) in [6.07, 6.45) is 11.0. The van der Waals surface area contributed by atoms with E-state index in [-0.39, 0.29) is 12.5 Å². The molecular formula is C26H46N2O5. The van der Waals surface area contributed by atoms with E-state index in [1.165, 1.54) is 38.5 Å². The van der Waals surface area contributed by atoms with Gasteiger partial charge in [-0.15, -0.1) is 0 Å². The number of carbonyl (C=O) groups is 1. The van der Waals surface area contributed by atoms with Gasteiger partial charge in [0.25, 0.3) is 0 Å². The van der Waals surface area contributed by atoms with Crippen LogP contribution in [-0.4, -0.2) is 83.3 Å². The molecule has 5 rings (SSSR count). The lowest BCUT2D eigenvalue weighted by Crippen LogP contribution is -2.50. The summed E-state index contributed by atoms with van der Waals surface area (Å²) < 4.78 is 6.15. The van der Waals surface area contributed by atoms with E-state index in [0.717, 1.165) is 63.1 Å². The highest BCUT2D eigenvalue weighted by Crippen LogP contribution is 2.60. The fourth-order valence-corrected chi connectivity index (χ4v) is 7.75. The standard InChI is InChI=1S/C26H46N2O5/c1-2-3-8-28-21(16-29)23(30)24(31)22(28)25(32)27-7-5-4-6-9-33-17-26-13-18-10-19(14-26)12-20(11-18)15-26/h18-24,29-31H,2-17H2,1H3,(H,27,32)/t18?,19?,20?,21-,22+,23+,24-,26?/m1/s1. The van der Waals surface area contributed by atoms with Crippen LogP contribution >= 0.6 is 0 Å². The van der Waals surface area contributed by atoms with E-state index in [4.69, 9.17) is 4.74 Å². The summed E-state index contributed by atoms with van der Waals surface area (Å²) >= 11 is 0. The van der Waals surface area contributed by atoms with E-state index in [2.05, 4.69) is 12.2 Å². The van der Waals surface area contributed by atoms with Crippen molar-refractivity contribution in [3.8, 4) is 0 Å². The van der Waals surface area contributed by atoms with Crippen molar-refractivity contribution in [3.05, 3.63) is 0 Å². The Balaban J connectivity index is 1.11. The van der Waals surface area contributed by atoms with Crippen molar-refractivity contribution in [2.24, 2.45) is 23.2 Å². The van der Waals surface area contributed by atoms with Crippen LogP contribution in [0.4, 0.5) is 0 Å². The maximum absolute atomic E-state index is 12.7. The van der Waals surface area contributed by atoms with Gasteiger partial charge in [-0.25, -0.2) is 0 Å². The van der Waals surface area contributed by atoms with Gasteiger partial charge in [0.2, 0.25) is 5.91 Å². The molecule has 4 saturated carbocycles. The van der Waals surface area contributed by atoms with Gasteiger partial charge in [0.05, 0.1) is 25.4 Å². The molecule has 7 nitrogen and oxygen atoms in total. The highest BCUT2D eigenvalue weighted by Gasteiger charge is 2.51. The van der Waals surface area contributed by atoms with Gasteiger partial charge in [0, 0.05) is 13.2 Å². The molecule has 0 aromatic carbocycles. The summed E-state index contributed by atoms with van der Waals surface area (Å²) in [6.45, 7) is 4.66. The van der Waals surface area contributed by atoms with Crippen LogP contribution in [0.1, 0.15) is 77.6 Å². The van der Waals surface area contributed by atoms with E-state index < -0.39 is 24.3 Å². The van der Waals surface area contributed by atoms with Crippen LogP contribution < -0.4 is 5.32 Å². The molecule has 0 aromatic rings. The van der Waals surface area contributed by atoms with Gasteiger partial charge >= 0.3 is 0 Å². The molecule has 4 atom stereocenters. The summed E-state index contributed by atoms with van der Waals surface area (Å²) in [4.78, 5) is 14.5. The molecule has 7 heteroatoms. The molecule has 1 heterocycles. The molecule has 4 bridgehead atoms. The number of aliphatic hydroxyl groups is 3. The van der Waals surface area contributed by atoms with Crippen LogP contribution in [0, 0.1) is 23.2 Å². The summed E-state index contributed by atoms with van der Waals surface area (Å²) in [5, 5.41) is 33.2. The SMILES string of the molecule is CCCCN1[C@H](CO)[C@H](O)[C@H](O)[C@H]1C(=O)NCCCCCOCC12CC3CC(CC(C3)C1)C2. The molecule has 1 aliphatic heterocycles.